The molecule has 0 unspecified atom stereocenters. The van der Waals surface area contributed by atoms with Crippen LogP contribution in [0.1, 0.15) is 12.6 Å². The van der Waals surface area contributed by atoms with Crippen LogP contribution in [0, 0.1) is 13.5 Å². The van der Waals surface area contributed by atoms with Crippen molar-refractivity contribution in [3.63, 3.8) is 0 Å². The number of hydrogen-bond acceptors (Lipinski definition) is 5. The van der Waals surface area contributed by atoms with Crippen LogP contribution in [0.2, 0.25) is 5.02 Å². The molecular weight excluding hydrogens is 477 g/mol. The van der Waals surface area contributed by atoms with Gasteiger partial charge in [0.2, 0.25) is 0 Å². The van der Waals surface area contributed by atoms with Crippen LogP contribution in [0.25, 0.3) is 10.6 Å². The number of aryl methyl sites for hydroxylation is 1. The third kappa shape index (κ3) is 3.79. The van der Waals surface area contributed by atoms with Gasteiger partial charge in [-0.15, -0.1) is 0 Å². The topological polar surface area (TPSA) is 54.9 Å². The van der Waals surface area contributed by atoms with Crippen LogP contribution in [0.15, 0.2) is 29.6 Å². The Bertz CT molecular complexity index is 893. The van der Waals surface area contributed by atoms with E-state index in [2.05, 4.69) is 26.7 Å². The second-order valence-electron chi connectivity index (χ2n) is 4.99. The van der Waals surface area contributed by atoms with E-state index in [-0.39, 0.29) is 5.91 Å². The molecule has 4 nitrogen and oxygen atoms in total. The number of hydrogen-bond donors (Lipinski definition) is 1. The van der Waals surface area contributed by atoms with Crippen LogP contribution in [0.5, 0.6) is 0 Å². The molecule has 0 fully saturated rings. The Morgan fingerprint density at radius 3 is 2.75 bits per heavy atom. The van der Waals surface area contributed by atoms with Crippen molar-refractivity contribution in [3.8, 4) is 10.6 Å². The van der Waals surface area contributed by atoms with Gasteiger partial charge in [0.1, 0.15) is 0 Å². The van der Waals surface area contributed by atoms with Gasteiger partial charge in [-0.1, -0.05) is 0 Å². The van der Waals surface area contributed by atoms with Crippen LogP contribution in [0.4, 0.5) is 5.13 Å². The molecule has 0 aliphatic heterocycles. The summed E-state index contributed by atoms with van der Waals surface area (Å²) in [6, 6.07) is 8.01. The van der Waals surface area contributed by atoms with Gasteiger partial charge < -0.3 is 0 Å². The fourth-order valence-corrected chi connectivity index (χ4v) is 9.55. The summed E-state index contributed by atoms with van der Waals surface area (Å²) in [6.07, 6.45) is 0. The summed E-state index contributed by atoms with van der Waals surface area (Å²) in [4.78, 5) is 23.7. The average Bonchev–Trinajstić information content (AvgIpc) is 3.13. The maximum absolute atomic E-state index is 11.2. The Kier molecular flexibility index (Phi) is 5.53. The van der Waals surface area contributed by atoms with Gasteiger partial charge in [0.05, 0.1) is 0 Å². The Labute approximate surface area is 160 Å². The molecule has 0 aliphatic rings. The van der Waals surface area contributed by atoms with Gasteiger partial charge >= 0.3 is 162 Å². The number of halogens is 2. The predicted molar refractivity (Wildman–Crippen MR) is 111 cm³/mol. The van der Waals surface area contributed by atoms with Crippen molar-refractivity contribution in [2.24, 2.45) is 0 Å². The molecule has 126 valence electrons. The van der Waals surface area contributed by atoms with Crippen molar-refractivity contribution >= 4 is 65.1 Å². The molecule has 0 aliphatic carbocycles. The number of amides is 1. The number of thiazole rings is 2. The molecular formula is C16H15ClIN3OS2. The summed E-state index contributed by atoms with van der Waals surface area (Å²) >= 11 is 7.88. The van der Waals surface area contributed by atoms with Gasteiger partial charge in [-0.05, 0) is 0 Å². The molecule has 2 heterocycles. The number of aromatic nitrogens is 2. The average molecular weight is 492 g/mol. The fraction of sp³-hybridized carbons (Fsp3) is 0.188. The van der Waals surface area contributed by atoms with Gasteiger partial charge in [0.15, 0.2) is 0 Å². The molecule has 0 atom stereocenters. The van der Waals surface area contributed by atoms with E-state index < -0.39 is 19.8 Å². The first-order chi connectivity index (χ1) is 11.5. The quantitative estimate of drug-likeness (QED) is 0.395. The molecule has 2 aromatic heterocycles. The predicted octanol–water partition coefficient (Wildman–Crippen LogP) is 5.36. The molecule has 24 heavy (non-hydrogen) atoms. The molecule has 0 saturated heterocycles. The van der Waals surface area contributed by atoms with Crippen molar-refractivity contribution < 1.29 is 4.79 Å². The number of rotatable bonds is 4. The maximum atomic E-state index is 11.2. The molecule has 1 aromatic carbocycles. The number of nitrogens with zero attached hydrogens (tertiary/aromatic N) is 2. The zero-order valence-electron chi connectivity index (χ0n) is 13.3. The van der Waals surface area contributed by atoms with Gasteiger partial charge in [-0.3, -0.25) is 0 Å². The van der Waals surface area contributed by atoms with Crippen molar-refractivity contribution in [2.45, 2.75) is 13.8 Å². The van der Waals surface area contributed by atoms with E-state index in [9.17, 15) is 4.79 Å². The van der Waals surface area contributed by atoms with E-state index in [0.29, 0.717) is 5.13 Å². The molecule has 0 saturated carbocycles. The molecule has 0 spiro atoms. The van der Waals surface area contributed by atoms with E-state index in [1.54, 1.807) is 11.3 Å². The second kappa shape index (κ2) is 7.47. The van der Waals surface area contributed by atoms with E-state index >= 15 is 0 Å². The Hall–Kier alpha value is -1.03. The Morgan fingerprint density at radius 2 is 2.04 bits per heavy atom. The minimum absolute atomic E-state index is 0.116. The van der Waals surface area contributed by atoms with Gasteiger partial charge in [-0.2, -0.15) is 0 Å². The van der Waals surface area contributed by atoms with Crippen molar-refractivity contribution in [1.29, 1.82) is 0 Å². The van der Waals surface area contributed by atoms with Crippen LogP contribution in [-0.2, 0) is 4.79 Å². The Morgan fingerprint density at radius 1 is 1.29 bits per heavy atom. The van der Waals surface area contributed by atoms with Crippen LogP contribution in [-0.4, -0.2) is 20.8 Å². The molecule has 1 N–H and O–H groups in total. The number of carbonyl (C=O) groups is 1. The molecule has 3 aromatic rings. The van der Waals surface area contributed by atoms with E-state index in [1.165, 1.54) is 21.8 Å². The molecule has 0 bridgehead atoms. The van der Waals surface area contributed by atoms with Crippen LogP contribution < -0.4 is 5.32 Å². The first-order valence-electron chi connectivity index (χ1n) is 7.01. The Balaban J connectivity index is 1.90. The summed E-state index contributed by atoms with van der Waals surface area (Å²) < 4.78 is 2.39. The normalized spacial score (nSPS) is 11.4. The number of benzene rings is 1. The monoisotopic (exact) mass is 491 g/mol. The third-order valence-electron chi connectivity index (χ3n) is 3.16. The zero-order valence-corrected chi connectivity index (χ0v) is 17.8. The van der Waals surface area contributed by atoms with E-state index in [1.807, 2.05) is 25.1 Å². The first-order valence-corrected chi connectivity index (χ1v) is 13.4. The van der Waals surface area contributed by atoms with Crippen LogP contribution in [0.3, 0.4) is 0 Å². The summed E-state index contributed by atoms with van der Waals surface area (Å²) in [7, 11) is 0. The summed E-state index contributed by atoms with van der Waals surface area (Å²) in [5.41, 5.74) is 1.81. The molecule has 1 amide bonds. The first kappa shape index (κ1) is 17.8. The van der Waals surface area contributed by atoms with Crippen molar-refractivity contribution in [3.05, 3.63) is 46.9 Å². The summed E-state index contributed by atoms with van der Waals surface area (Å²) in [5.74, 6) is -0.116. The molecule has 0 radical (unpaired) electrons. The van der Waals surface area contributed by atoms with Gasteiger partial charge in [0.25, 0.3) is 0 Å². The zero-order chi connectivity index (χ0) is 17.3. The molecule has 8 heteroatoms. The molecule has 3 rings (SSSR count). The third-order valence-corrected chi connectivity index (χ3v) is 12.2. The van der Waals surface area contributed by atoms with Crippen molar-refractivity contribution in [2.75, 3.05) is 10.2 Å². The van der Waals surface area contributed by atoms with Gasteiger partial charge in [-0.25, -0.2) is 0 Å². The van der Waals surface area contributed by atoms with E-state index in [0.717, 1.165) is 24.3 Å². The summed E-state index contributed by atoms with van der Waals surface area (Å²) in [6.45, 7) is 3.42. The number of alkyl halides is 1. The summed E-state index contributed by atoms with van der Waals surface area (Å²) in [5, 5.41) is 6.24. The fourth-order valence-electron chi connectivity index (χ4n) is 2.08. The standard InChI is InChI=1S/C16H15ClIN3OS2/c1-9-14(24-16(19-9)20-10(2)22)13-8-23-15(21-13)18(3)12-7-5-4-6-11(12)17/h4-8H,1-3H3,(H,19,20,22). The number of nitrogens with one attached hydrogen (secondary N) is 1. The minimum atomic E-state index is -1.60. The second-order valence-corrected chi connectivity index (χ2v) is 12.9. The SMILES string of the molecule is CC(=O)Nc1nc(C)c(-c2csc(I(C)c3ccccc3Cl)n2)s1. The number of carbonyl (C=O) groups excluding carboxylic acids is 1. The van der Waals surface area contributed by atoms with E-state index in [4.69, 9.17) is 16.6 Å². The van der Waals surface area contributed by atoms with Crippen molar-refractivity contribution in [1.82, 2.24) is 9.97 Å². The van der Waals surface area contributed by atoms with Crippen LogP contribution >= 0.6 is 54.1 Å². The number of anilines is 1. The van der Waals surface area contributed by atoms with Gasteiger partial charge in [0, 0.05) is 0 Å².